The number of nitrogens with one attached hydrogen (secondary N) is 1. The summed E-state index contributed by atoms with van der Waals surface area (Å²) in [5.74, 6) is 0.230. The van der Waals surface area contributed by atoms with Crippen molar-refractivity contribution in [2.75, 3.05) is 12.4 Å². The zero-order valence-electron chi connectivity index (χ0n) is 14.2. The maximum absolute atomic E-state index is 13.7. The first-order chi connectivity index (χ1) is 12.5. The lowest BCUT2D eigenvalue weighted by Gasteiger charge is -2.04. The van der Waals surface area contributed by atoms with Crippen molar-refractivity contribution in [1.82, 2.24) is 10.1 Å². The summed E-state index contributed by atoms with van der Waals surface area (Å²) in [5.41, 5.74) is 1.86. The maximum atomic E-state index is 13.7. The third-order valence-corrected chi connectivity index (χ3v) is 3.52. The van der Waals surface area contributed by atoms with E-state index < -0.39 is 5.82 Å². The van der Waals surface area contributed by atoms with Crippen LogP contribution in [-0.2, 0) is 4.79 Å². The molecule has 0 saturated heterocycles. The van der Waals surface area contributed by atoms with Crippen LogP contribution in [-0.4, -0.2) is 23.2 Å². The van der Waals surface area contributed by atoms with Gasteiger partial charge in [-0.1, -0.05) is 23.4 Å². The van der Waals surface area contributed by atoms with Crippen LogP contribution < -0.4 is 10.1 Å². The van der Waals surface area contributed by atoms with Gasteiger partial charge in [0.15, 0.2) is 11.6 Å². The molecule has 2 aromatic carbocycles. The fourth-order valence-electron chi connectivity index (χ4n) is 2.29. The zero-order chi connectivity index (χ0) is 18.5. The highest BCUT2D eigenvalue weighted by molar-refractivity contribution is 6.02. The summed E-state index contributed by atoms with van der Waals surface area (Å²) in [4.78, 5) is 16.2. The molecule has 7 heteroatoms. The Morgan fingerprint density at radius 2 is 2.12 bits per heavy atom. The number of anilines is 1. The van der Waals surface area contributed by atoms with Crippen molar-refractivity contribution in [2.45, 2.75) is 6.92 Å². The first-order valence-corrected chi connectivity index (χ1v) is 7.78. The standard InChI is InChI=1S/C19H16FN3O3/c1-12-21-19(23-26-12)14-4-3-5-15(11-14)22-18(24)9-7-13-6-8-17(25-2)16(20)10-13/h3-11H,1-2H3,(H,22,24)/b9-7+. The molecular formula is C19H16FN3O3. The van der Waals surface area contributed by atoms with Gasteiger partial charge < -0.3 is 14.6 Å². The Balaban J connectivity index is 1.69. The summed E-state index contributed by atoms with van der Waals surface area (Å²) in [6.07, 6.45) is 2.84. The molecule has 1 heterocycles. The molecule has 132 valence electrons. The minimum absolute atomic E-state index is 0.153. The topological polar surface area (TPSA) is 77.2 Å². The first-order valence-electron chi connectivity index (χ1n) is 7.78. The molecule has 0 unspecified atom stereocenters. The minimum atomic E-state index is -0.488. The van der Waals surface area contributed by atoms with Crippen molar-refractivity contribution in [1.29, 1.82) is 0 Å². The van der Waals surface area contributed by atoms with Gasteiger partial charge >= 0.3 is 0 Å². The van der Waals surface area contributed by atoms with E-state index in [2.05, 4.69) is 15.5 Å². The van der Waals surface area contributed by atoms with Crippen molar-refractivity contribution >= 4 is 17.7 Å². The van der Waals surface area contributed by atoms with E-state index in [0.29, 0.717) is 23.0 Å². The van der Waals surface area contributed by atoms with E-state index in [4.69, 9.17) is 9.26 Å². The Morgan fingerprint density at radius 3 is 2.81 bits per heavy atom. The van der Waals surface area contributed by atoms with Crippen LogP contribution in [0.25, 0.3) is 17.5 Å². The highest BCUT2D eigenvalue weighted by Crippen LogP contribution is 2.20. The molecule has 0 aliphatic carbocycles. The van der Waals surface area contributed by atoms with Crippen LogP contribution in [0.1, 0.15) is 11.5 Å². The number of hydrogen-bond acceptors (Lipinski definition) is 5. The predicted octanol–water partition coefficient (Wildman–Crippen LogP) is 3.84. The van der Waals surface area contributed by atoms with Crippen molar-refractivity contribution in [3.63, 3.8) is 0 Å². The second-order valence-electron chi connectivity index (χ2n) is 5.43. The number of benzene rings is 2. The van der Waals surface area contributed by atoms with E-state index >= 15 is 0 Å². The quantitative estimate of drug-likeness (QED) is 0.705. The third-order valence-electron chi connectivity index (χ3n) is 3.52. The summed E-state index contributed by atoms with van der Waals surface area (Å²) in [6, 6.07) is 11.5. The second kappa shape index (κ2) is 7.60. The van der Waals surface area contributed by atoms with Gasteiger partial charge in [-0.05, 0) is 35.9 Å². The number of amides is 1. The fourth-order valence-corrected chi connectivity index (χ4v) is 2.29. The Hall–Kier alpha value is -3.48. The van der Waals surface area contributed by atoms with Gasteiger partial charge in [0, 0.05) is 24.3 Å². The van der Waals surface area contributed by atoms with Gasteiger partial charge in [-0.3, -0.25) is 4.79 Å². The molecule has 26 heavy (non-hydrogen) atoms. The molecule has 1 amide bonds. The van der Waals surface area contributed by atoms with E-state index in [-0.39, 0.29) is 11.7 Å². The Morgan fingerprint density at radius 1 is 1.27 bits per heavy atom. The van der Waals surface area contributed by atoms with Crippen LogP contribution in [0.2, 0.25) is 0 Å². The SMILES string of the molecule is COc1ccc(/C=C/C(=O)Nc2cccc(-c3noc(C)n3)c2)cc1F. The van der Waals surface area contributed by atoms with Crippen LogP contribution in [0.5, 0.6) is 5.75 Å². The van der Waals surface area contributed by atoms with Crippen molar-refractivity contribution in [2.24, 2.45) is 0 Å². The smallest absolute Gasteiger partial charge is 0.248 e. The molecule has 1 aromatic heterocycles. The first kappa shape index (κ1) is 17.3. The minimum Gasteiger partial charge on any atom is -0.494 e. The summed E-state index contributed by atoms with van der Waals surface area (Å²) in [7, 11) is 1.39. The Labute approximate surface area is 149 Å². The number of hydrogen-bond donors (Lipinski definition) is 1. The van der Waals surface area contributed by atoms with Crippen LogP contribution in [0.4, 0.5) is 10.1 Å². The molecule has 0 radical (unpaired) electrons. The van der Waals surface area contributed by atoms with Gasteiger partial charge in [-0.15, -0.1) is 0 Å². The Kier molecular flexibility index (Phi) is 5.07. The van der Waals surface area contributed by atoms with Gasteiger partial charge in [0.25, 0.3) is 0 Å². The van der Waals surface area contributed by atoms with Crippen LogP contribution in [0.3, 0.4) is 0 Å². The number of nitrogens with zero attached hydrogens (tertiary/aromatic N) is 2. The zero-order valence-corrected chi connectivity index (χ0v) is 14.2. The maximum Gasteiger partial charge on any atom is 0.248 e. The lowest BCUT2D eigenvalue weighted by Crippen LogP contribution is -2.07. The van der Waals surface area contributed by atoms with E-state index in [1.165, 1.54) is 31.4 Å². The lowest BCUT2D eigenvalue weighted by molar-refractivity contribution is -0.111. The average molecular weight is 353 g/mol. The van der Waals surface area contributed by atoms with Crippen molar-refractivity contribution in [3.8, 4) is 17.1 Å². The van der Waals surface area contributed by atoms with E-state index in [0.717, 1.165) is 5.56 Å². The number of methoxy groups -OCH3 is 1. The monoisotopic (exact) mass is 353 g/mol. The third kappa shape index (κ3) is 4.13. The number of aryl methyl sites for hydroxylation is 1. The largest absolute Gasteiger partial charge is 0.494 e. The number of ether oxygens (including phenoxy) is 1. The van der Waals surface area contributed by atoms with Crippen LogP contribution >= 0.6 is 0 Å². The average Bonchev–Trinajstić information content (AvgIpc) is 3.07. The molecule has 3 rings (SSSR count). The summed E-state index contributed by atoms with van der Waals surface area (Å²) in [5, 5.41) is 6.58. The highest BCUT2D eigenvalue weighted by atomic mass is 19.1. The van der Waals surface area contributed by atoms with Gasteiger partial charge in [-0.2, -0.15) is 4.98 Å². The molecule has 0 aliphatic heterocycles. The normalized spacial score (nSPS) is 10.9. The summed E-state index contributed by atoms with van der Waals surface area (Å²) in [6.45, 7) is 1.70. The summed E-state index contributed by atoms with van der Waals surface area (Å²) >= 11 is 0. The molecule has 0 aliphatic rings. The number of halogens is 1. The predicted molar refractivity (Wildman–Crippen MR) is 95.1 cm³/mol. The number of rotatable bonds is 5. The highest BCUT2D eigenvalue weighted by Gasteiger charge is 2.07. The number of carbonyl (C=O) groups excluding carboxylic acids is 1. The van der Waals surface area contributed by atoms with Gasteiger partial charge in [0.2, 0.25) is 17.6 Å². The van der Waals surface area contributed by atoms with E-state index in [1.54, 1.807) is 31.2 Å². The molecule has 0 saturated carbocycles. The van der Waals surface area contributed by atoms with Crippen LogP contribution in [0, 0.1) is 12.7 Å². The van der Waals surface area contributed by atoms with E-state index in [9.17, 15) is 9.18 Å². The molecule has 3 aromatic rings. The van der Waals surface area contributed by atoms with E-state index in [1.807, 2.05) is 6.07 Å². The molecular weight excluding hydrogens is 337 g/mol. The lowest BCUT2D eigenvalue weighted by atomic mass is 10.2. The summed E-state index contributed by atoms with van der Waals surface area (Å²) < 4.78 is 23.5. The van der Waals surface area contributed by atoms with Gasteiger partial charge in [0.1, 0.15) is 0 Å². The van der Waals surface area contributed by atoms with Crippen molar-refractivity contribution < 1.29 is 18.4 Å². The second-order valence-corrected chi connectivity index (χ2v) is 5.43. The number of aromatic nitrogens is 2. The molecule has 0 atom stereocenters. The molecule has 0 spiro atoms. The van der Waals surface area contributed by atoms with Crippen molar-refractivity contribution in [3.05, 3.63) is 65.8 Å². The molecule has 0 fully saturated rings. The van der Waals surface area contributed by atoms with Gasteiger partial charge in [0.05, 0.1) is 7.11 Å². The molecule has 1 N–H and O–H groups in total. The Bertz CT molecular complexity index is 966. The van der Waals surface area contributed by atoms with Crippen LogP contribution in [0.15, 0.2) is 53.1 Å². The molecule has 0 bridgehead atoms. The molecule has 6 nitrogen and oxygen atoms in total. The van der Waals surface area contributed by atoms with Gasteiger partial charge in [-0.25, -0.2) is 4.39 Å². The number of carbonyl (C=O) groups is 1. The fraction of sp³-hybridized carbons (Fsp3) is 0.105.